The Morgan fingerprint density at radius 1 is 1.12 bits per heavy atom. The van der Waals surface area contributed by atoms with E-state index in [1.165, 1.54) is 0 Å². The number of nitrogens with zero attached hydrogens (tertiary/aromatic N) is 1. The summed E-state index contributed by atoms with van der Waals surface area (Å²) >= 11 is 0. The molecule has 1 N–H and O–H groups in total. The van der Waals surface area contributed by atoms with Crippen LogP contribution in [0.25, 0.3) is 10.8 Å². The average Bonchev–Trinajstić information content (AvgIpc) is 3.10. The number of rotatable bonds is 1. The summed E-state index contributed by atoms with van der Waals surface area (Å²) in [5, 5.41) is 21.3. The van der Waals surface area contributed by atoms with Gasteiger partial charge in [-0.15, -0.1) is 0 Å². The highest BCUT2D eigenvalue weighted by Crippen LogP contribution is 2.52. The number of fused-ring (bicyclic) bond motifs is 1. The summed E-state index contributed by atoms with van der Waals surface area (Å²) in [5.74, 6) is 0.248. The van der Waals surface area contributed by atoms with Gasteiger partial charge in [-0.25, -0.2) is 0 Å². The van der Waals surface area contributed by atoms with Crippen LogP contribution in [0, 0.1) is 11.3 Å². The first-order valence-corrected chi connectivity index (χ1v) is 5.39. The van der Waals surface area contributed by atoms with Gasteiger partial charge in [-0.05, 0) is 29.7 Å². The lowest BCUT2D eigenvalue weighted by molar-refractivity contribution is 0.466. The van der Waals surface area contributed by atoms with E-state index in [1.54, 1.807) is 6.07 Å². The summed E-state index contributed by atoms with van der Waals surface area (Å²) in [6.07, 6.45) is 1.70. The number of phenols is 1. The second-order valence-electron chi connectivity index (χ2n) is 4.37. The first-order chi connectivity index (χ1) is 7.77. The zero-order valence-corrected chi connectivity index (χ0v) is 8.77. The topological polar surface area (TPSA) is 44.0 Å². The lowest BCUT2D eigenvalue weighted by atomic mass is 9.91. The molecule has 0 spiro atoms. The van der Waals surface area contributed by atoms with Crippen molar-refractivity contribution in [2.24, 2.45) is 0 Å². The van der Waals surface area contributed by atoms with Crippen molar-refractivity contribution in [3.05, 3.63) is 42.0 Å². The van der Waals surface area contributed by atoms with Crippen LogP contribution >= 0.6 is 0 Å². The molecule has 2 aromatic carbocycles. The summed E-state index contributed by atoms with van der Waals surface area (Å²) in [6.45, 7) is 0. The molecule has 0 saturated heterocycles. The number of benzene rings is 2. The van der Waals surface area contributed by atoms with Gasteiger partial charge in [0.2, 0.25) is 0 Å². The van der Waals surface area contributed by atoms with Crippen molar-refractivity contribution in [2.45, 2.75) is 18.3 Å². The van der Waals surface area contributed by atoms with E-state index < -0.39 is 5.41 Å². The number of nitriles is 1. The molecule has 0 atom stereocenters. The van der Waals surface area contributed by atoms with Crippen LogP contribution in [0.1, 0.15) is 18.4 Å². The van der Waals surface area contributed by atoms with E-state index >= 15 is 0 Å². The monoisotopic (exact) mass is 209 g/mol. The van der Waals surface area contributed by atoms with E-state index in [-0.39, 0.29) is 5.75 Å². The minimum atomic E-state index is -0.440. The Kier molecular flexibility index (Phi) is 1.73. The predicted octanol–water partition coefficient (Wildman–Crippen LogP) is 3.10. The third-order valence-electron chi connectivity index (χ3n) is 3.35. The summed E-state index contributed by atoms with van der Waals surface area (Å²) in [4.78, 5) is 0. The average molecular weight is 209 g/mol. The van der Waals surface area contributed by atoms with Crippen molar-refractivity contribution in [1.82, 2.24) is 0 Å². The number of hydrogen-bond donors (Lipinski definition) is 1. The highest BCUT2D eigenvalue weighted by Gasteiger charge is 2.47. The van der Waals surface area contributed by atoms with Crippen LogP contribution in [0.15, 0.2) is 36.4 Å². The van der Waals surface area contributed by atoms with Crippen LogP contribution in [0.3, 0.4) is 0 Å². The van der Waals surface area contributed by atoms with E-state index in [0.29, 0.717) is 0 Å². The Labute approximate surface area is 93.8 Å². The fourth-order valence-corrected chi connectivity index (χ4v) is 2.31. The summed E-state index contributed by atoms with van der Waals surface area (Å²) in [7, 11) is 0. The van der Waals surface area contributed by atoms with Gasteiger partial charge in [0.05, 0.1) is 11.5 Å². The largest absolute Gasteiger partial charge is 0.508 e. The first-order valence-electron chi connectivity index (χ1n) is 5.39. The summed E-state index contributed by atoms with van der Waals surface area (Å²) in [6, 6.07) is 13.8. The van der Waals surface area contributed by atoms with Crippen molar-refractivity contribution in [2.75, 3.05) is 0 Å². The number of phenolic OH excluding ortho intramolecular Hbond substituents is 1. The van der Waals surface area contributed by atoms with Gasteiger partial charge in [0.25, 0.3) is 0 Å². The maximum absolute atomic E-state index is 9.96. The molecule has 0 aromatic heterocycles. The van der Waals surface area contributed by atoms with Crippen LogP contribution < -0.4 is 0 Å². The molecular formula is C14H11NO. The van der Waals surface area contributed by atoms with Crippen LogP contribution in [-0.4, -0.2) is 5.11 Å². The minimum absolute atomic E-state index is 0.248. The Morgan fingerprint density at radius 3 is 2.56 bits per heavy atom. The standard InChI is InChI=1S/C14H11NO/c15-9-14(7-8-14)13-11-4-2-1-3-10(11)5-6-12(13)16/h1-6,16H,7-8H2. The Balaban J connectivity index is 2.39. The van der Waals surface area contributed by atoms with Crippen molar-refractivity contribution >= 4 is 10.8 Å². The molecule has 1 fully saturated rings. The number of hydrogen-bond acceptors (Lipinski definition) is 2. The molecule has 0 heterocycles. The zero-order valence-electron chi connectivity index (χ0n) is 8.77. The smallest absolute Gasteiger partial charge is 0.121 e. The number of aromatic hydroxyl groups is 1. The van der Waals surface area contributed by atoms with Crippen molar-refractivity contribution in [1.29, 1.82) is 5.26 Å². The molecule has 1 aliphatic rings. The summed E-state index contributed by atoms with van der Waals surface area (Å²) < 4.78 is 0. The molecule has 0 bridgehead atoms. The van der Waals surface area contributed by atoms with Crippen LogP contribution in [0.2, 0.25) is 0 Å². The van der Waals surface area contributed by atoms with Gasteiger partial charge in [0, 0.05) is 5.56 Å². The third-order valence-corrected chi connectivity index (χ3v) is 3.35. The second kappa shape index (κ2) is 2.99. The zero-order chi connectivity index (χ0) is 11.2. The Bertz CT molecular complexity index is 606. The normalized spacial score (nSPS) is 16.9. The van der Waals surface area contributed by atoms with Crippen molar-refractivity contribution in [3.8, 4) is 11.8 Å². The maximum atomic E-state index is 9.96. The quantitative estimate of drug-likeness (QED) is 0.784. The first kappa shape index (κ1) is 9.23. The predicted molar refractivity (Wildman–Crippen MR) is 62.1 cm³/mol. The van der Waals surface area contributed by atoms with Gasteiger partial charge in [-0.3, -0.25) is 0 Å². The van der Waals surface area contributed by atoms with E-state index in [2.05, 4.69) is 6.07 Å². The molecule has 16 heavy (non-hydrogen) atoms. The van der Waals surface area contributed by atoms with Gasteiger partial charge in [-0.1, -0.05) is 30.3 Å². The Morgan fingerprint density at radius 2 is 1.88 bits per heavy atom. The van der Waals surface area contributed by atoms with E-state index in [4.69, 9.17) is 0 Å². The molecule has 1 aliphatic carbocycles. The molecule has 1 saturated carbocycles. The Hall–Kier alpha value is -2.01. The SMILES string of the molecule is N#CC1(c2c(O)ccc3ccccc23)CC1. The molecular weight excluding hydrogens is 198 g/mol. The molecule has 0 aliphatic heterocycles. The molecule has 2 nitrogen and oxygen atoms in total. The van der Waals surface area contributed by atoms with Crippen molar-refractivity contribution < 1.29 is 5.11 Å². The molecule has 2 aromatic rings. The summed E-state index contributed by atoms with van der Waals surface area (Å²) in [5.41, 5.74) is 0.374. The van der Waals surface area contributed by atoms with Crippen LogP contribution in [-0.2, 0) is 5.41 Å². The highest BCUT2D eigenvalue weighted by molar-refractivity contribution is 5.89. The molecule has 0 radical (unpaired) electrons. The third kappa shape index (κ3) is 1.12. The minimum Gasteiger partial charge on any atom is -0.508 e. The lowest BCUT2D eigenvalue weighted by Crippen LogP contribution is -2.03. The van der Waals surface area contributed by atoms with Gasteiger partial charge < -0.3 is 5.11 Å². The van der Waals surface area contributed by atoms with Gasteiger partial charge in [0.15, 0.2) is 0 Å². The van der Waals surface area contributed by atoms with E-state index in [1.807, 2.05) is 30.3 Å². The molecule has 3 rings (SSSR count). The molecule has 78 valence electrons. The maximum Gasteiger partial charge on any atom is 0.121 e. The van der Waals surface area contributed by atoms with Gasteiger partial charge in [-0.2, -0.15) is 5.26 Å². The fraction of sp³-hybridized carbons (Fsp3) is 0.214. The lowest BCUT2D eigenvalue weighted by Gasteiger charge is -2.12. The molecule has 0 unspecified atom stereocenters. The molecule has 2 heteroatoms. The van der Waals surface area contributed by atoms with Crippen LogP contribution in [0.5, 0.6) is 5.75 Å². The van der Waals surface area contributed by atoms with Crippen LogP contribution in [0.4, 0.5) is 0 Å². The van der Waals surface area contributed by atoms with Crippen molar-refractivity contribution in [3.63, 3.8) is 0 Å². The van der Waals surface area contributed by atoms with Gasteiger partial charge in [0.1, 0.15) is 5.75 Å². The van der Waals surface area contributed by atoms with Gasteiger partial charge >= 0.3 is 0 Å². The molecule has 0 amide bonds. The van der Waals surface area contributed by atoms with E-state index in [9.17, 15) is 10.4 Å². The highest BCUT2D eigenvalue weighted by atomic mass is 16.3. The van der Waals surface area contributed by atoms with E-state index in [0.717, 1.165) is 29.2 Å². The second-order valence-corrected chi connectivity index (χ2v) is 4.37. The fourth-order valence-electron chi connectivity index (χ4n) is 2.31.